The molecule has 140 valence electrons. The van der Waals surface area contributed by atoms with Gasteiger partial charge in [0.1, 0.15) is 6.04 Å². The smallest absolute Gasteiger partial charge is 0.261 e. The lowest BCUT2D eigenvalue weighted by Gasteiger charge is -2.29. The predicted octanol–water partition coefficient (Wildman–Crippen LogP) is 0.550. The summed E-state index contributed by atoms with van der Waals surface area (Å²) in [5.74, 6) is -1.59. The Balaban J connectivity index is 2.17. The van der Waals surface area contributed by atoms with Crippen LogP contribution in [-0.4, -0.2) is 48.2 Å². The van der Waals surface area contributed by atoms with Gasteiger partial charge >= 0.3 is 0 Å². The minimum absolute atomic E-state index is 0.0930. The van der Waals surface area contributed by atoms with Crippen molar-refractivity contribution in [2.75, 3.05) is 18.4 Å². The number of carbonyl (C=O) groups is 4. The number of nitrogens with two attached hydrogens (primary N) is 1. The summed E-state index contributed by atoms with van der Waals surface area (Å²) >= 11 is 0. The Hall–Kier alpha value is -2.74. The fraction of sp³-hybridized carbons (Fsp3) is 0.444. The third kappa shape index (κ3) is 4.45. The number of imide groups is 2. The summed E-state index contributed by atoms with van der Waals surface area (Å²) in [6.45, 7) is 3.13. The number of hydrogen-bond acceptors (Lipinski definition) is 6. The molecule has 0 saturated carbocycles. The molecule has 8 nitrogen and oxygen atoms in total. The first-order valence-electron chi connectivity index (χ1n) is 8.64. The number of anilines is 1. The Kier molecular flexibility index (Phi) is 6.85. The molecule has 2 rings (SSSR count). The summed E-state index contributed by atoms with van der Waals surface area (Å²) in [5, 5.41) is 5.42. The molecule has 1 atom stereocenters. The number of piperidine rings is 1. The minimum Gasteiger partial charge on any atom is -0.385 e. The number of benzene rings is 1. The highest BCUT2D eigenvalue weighted by atomic mass is 16.2. The van der Waals surface area contributed by atoms with Crippen LogP contribution in [0.4, 0.5) is 5.69 Å². The van der Waals surface area contributed by atoms with Gasteiger partial charge in [0.2, 0.25) is 18.2 Å². The summed E-state index contributed by atoms with van der Waals surface area (Å²) in [5.41, 5.74) is 7.31. The van der Waals surface area contributed by atoms with Crippen LogP contribution in [0.5, 0.6) is 0 Å². The molecule has 0 aliphatic carbocycles. The largest absolute Gasteiger partial charge is 0.385 e. The Morgan fingerprint density at radius 3 is 2.81 bits per heavy atom. The maximum absolute atomic E-state index is 12.8. The third-order valence-corrected chi connectivity index (χ3v) is 4.40. The zero-order valence-electron chi connectivity index (χ0n) is 14.8. The Bertz CT molecular complexity index is 704. The van der Waals surface area contributed by atoms with Gasteiger partial charge in [0.15, 0.2) is 0 Å². The Morgan fingerprint density at radius 2 is 2.15 bits per heavy atom. The van der Waals surface area contributed by atoms with Gasteiger partial charge in [-0.25, -0.2) is 0 Å². The fourth-order valence-electron chi connectivity index (χ4n) is 2.90. The van der Waals surface area contributed by atoms with Crippen molar-refractivity contribution in [1.82, 2.24) is 10.2 Å². The van der Waals surface area contributed by atoms with Crippen molar-refractivity contribution < 1.29 is 19.2 Å². The van der Waals surface area contributed by atoms with Crippen molar-refractivity contribution in [3.05, 3.63) is 29.3 Å². The molecule has 1 fully saturated rings. The average Bonchev–Trinajstić information content (AvgIpc) is 2.62. The van der Waals surface area contributed by atoms with Crippen LogP contribution < -0.4 is 16.4 Å². The van der Waals surface area contributed by atoms with E-state index in [-0.39, 0.29) is 12.8 Å². The summed E-state index contributed by atoms with van der Waals surface area (Å²) < 4.78 is 0. The minimum atomic E-state index is -0.974. The number of carbonyl (C=O) groups excluding carboxylic acids is 4. The number of nitrogens with one attached hydrogen (secondary N) is 2. The maximum atomic E-state index is 12.8. The topological polar surface area (TPSA) is 122 Å². The van der Waals surface area contributed by atoms with Crippen molar-refractivity contribution >= 4 is 29.8 Å². The Labute approximate surface area is 152 Å². The monoisotopic (exact) mass is 360 g/mol. The molecule has 1 aromatic carbocycles. The molecule has 1 unspecified atom stereocenters. The van der Waals surface area contributed by atoms with E-state index in [4.69, 9.17) is 5.73 Å². The van der Waals surface area contributed by atoms with Crippen molar-refractivity contribution in [1.29, 1.82) is 0 Å². The van der Waals surface area contributed by atoms with E-state index in [1.807, 2.05) is 6.07 Å². The van der Waals surface area contributed by atoms with E-state index < -0.39 is 23.8 Å². The molecule has 8 heteroatoms. The second-order valence-corrected chi connectivity index (χ2v) is 6.19. The first-order chi connectivity index (χ1) is 12.5. The van der Waals surface area contributed by atoms with E-state index in [9.17, 15) is 19.2 Å². The first kappa shape index (κ1) is 19.6. The van der Waals surface area contributed by atoms with E-state index in [1.165, 1.54) is 0 Å². The van der Waals surface area contributed by atoms with E-state index in [1.54, 1.807) is 19.1 Å². The van der Waals surface area contributed by atoms with Crippen LogP contribution in [-0.2, 0) is 14.4 Å². The number of rotatable bonds is 8. The fourth-order valence-corrected chi connectivity index (χ4v) is 2.90. The van der Waals surface area contributed by atoms with Gasteiger partial charge in [0, 0.05) is 24.2 Å². The SMILES string of the molecule is Cc1c(NCCCCN)cccc1C(=O)N(C=O)C1CCC(=O)NC1=O. The van der Waals surface area contributed by atoms with Gasteiger partial charge in [-0.3, -0.25) is 29.4 Å². The van der Waals surface area contributed by atoms with Crippen LogP contribution >= 0.6 is 0 Å². The first-order valence-corrected chi connectivity index (χ1v) is 8.64. The van der Waals surface area contributed by atoms with Gasteiger partial charge in [-0.1, -0.05) is 6.07 Å². The molecule has 1 aliphatic heterocycles. The molecular formula is C18H24N4O4. The van der Waals surface area contributed by atoms with Crippen molar-refractivity contribution in [3.8, 4) is 0 Å². The van der Waals surface area contributed by atoms with E-state index >= 15 is 0 Å². The van der Waals surface area contributed by atoms with Gasteiger partial charge in [-0.2, -0.15) is 0 Å². The molecular weight excluding hydrogens is 336 g/mol. The summed E-state index contributed by atoms with van der Waals surface area (Å²) in [7, 11) is 0. The lowest BCUT2D eigenvalue weighted by Crippen LogP contribution is -2.53. The van der Waals surface area contributed by atoms with E-state index in [2.05, 4.69) is 10.6 Å². The molecule has 1 heterocycles. The molecule has 1 saturated heterocycles. The number of nitrogens with zero attached hydrogens (tertiary/aromatic N) is 1. The van der Waals surface area contributed by atoms with Crippen molar-refractivity contribution in [3.63, 3.8) is 0 Å². The molecule has 0 spiro atoms. The number of unbranched alkanes of at least 4 members (excludes halogenated alkanes) is 1. The quantitative estimate of drug-likeness (QED) is 0.354. The van der Waals surface area contributed by atoms with Gasteiger partial charge in [0.05, 0.1) is 0 Å². The summed E-state index contributed by atoms with van der Waals surface area (Å²) in [6, 6.07) is 4.22. The molecule has 4 amide bonds. The van der Waals surface area contributed by atoms with Crippen LogP contribution in [0.3, 0.4) is 0 Å². The third-order valence-electron chi connectivity index (χ3n) is 4.40. The van der Waals surface area contributed by atoms with Gasteiger partial charge in [-0.15, -0.1) is 0 Å². The zero-order chi connectivity index (χ0) is 19.1. The number of hydrogen-bond donors (Lipinski definition) is 3. The molecule has 0 bridgehead atoms. The van der Waals surface area contributed by atoms with Crippen LogP contribution in [0.1, 0.15) is 41.6 Å². The highest BCUT2D eigenvalue weighted by molar-refractivity contribution is 6.08. The zero-order valence-corrected chi connectivity index (χ0v) is 14.8. The summed E-state index contributed by atoms with van der Waals surface area (Å²) in [6.07, 6.45) is 2.38. The van der Waals surface area contributed by atoms with Crippen LogP contribution in [0.2, 0.25) is 0 Å². The average molecular weight is 360 g/mol. The highest BCUT2D eigenvalue weighted by Gasteiger charge is 2.35. The Morgan fingerprint density at radius 1 is 1.38 bits per heavy atom. The van der Waals surface area contributed by atoms with Crippen LogP contribution in [0.25, 0.3) is 0 Å². The molecule has 26 heavy (non-hydrogen) atoms. The van der Waals surface area contributed by atoms with Crippen LogP contribution in [0.15, 0.2) is 18.2 Å². The van der Waals surface area contributed by atoms with E-state index in [0.717, 1.165) is 30.0 Å². The number of amides is 4. The van der Waals surface area contributed by atoms with Crippen molar-refractivity contribution in [2.45, 2.75) is 38.6 Å². The highest BCUT2D eigenvalue weighted by Crippen LogP contribution is 2.22. The normalized spacial score (nSPS) is 16.8. The maximum Gasteiger partial charge on any atom is 0.261 e. The lowest BCUT2D eigenvalue weighted by atomic mass is 10.0. The summed E-state index contributed by atoms with van der Waals surface area (Å²) in [4.78, 5) is 48.5. The molecule has 4 N–H and O–H groups in total. The van der Waals surface area contributed by atoms with Gasteiger partial charge in [0.25, 0.3) is 5.91 Å². The second kappa shape index (κ2) is 9.10. The second-order valence-electron chi connectivity index (χ2n) is 6.19. The van der Waals surface area contributed by atoms with E-state index in [0.29, 0.717) is 24.1 Å². The standard InChI is InChI=1S/C18H24N4O4/c1-12-13(5-4-6-14(12)20-10-3-2-9-19)18(26)22(11-23)15-7-8-16(24)21-17(15)25/h4-6,11,15,20H,2-3,7-10,19H2,1H3,(H,21,24,25). The van der Waals surface area contributed by atoms with Gasteiger partial charge < -0.3 is 11.1 Å². The molecule has 1 aliphatic rings. The molecule has 1 aromatic rings. The van der Waals surface area contributed by atoms with Crippen molar-refractivity contribution in [2.24, 2.45) is 5.73 Å². The molecule has 0 aromatic heterocycles. The van der Waals surface area contributed by atoms with Crippen LogP contribution in [0, 0.1) is 6.92 Å². The lowest BCUT2D eigenvalue weighted by molar-refractivity contribution is -0.139. The molecule has 0 radical (unpaired) electrons. The predicted molar refractivity (Wildman–Crippen MR) is 96.4 cm³/mol. The van der Waals surface area contributed by atoms with Gasteiger partial charge in [-0.05, 0) is 50.4 Å².